The van der Waals surface area contributed by atoms with Gasteiger partial charge in [-0.1, -0.05) is 6.07 Å². The van der Waals surface area contributed by atoms with Crippen molar-refractivity contribution in [2.45, 2.75) is 38.6 Å². The maximum Gasteiger partial charge on any atom is 0.223 e. The Kier molecular flexibility index (Phi) is 5.28. The van der Waals surface area contributed by atoms with Crippen molar-refractivity contribution in [1.29, 1.82) is 0 Å². The van der Waals surface area contributed by atoms with E-state index >= 15 is 0 Å². The van der Waals surface area contributed by atoms with Gasteiger partial charge in [-0.3, -0.25) is 4.79 Å². The van der Waals surface area contributed by atoms with Crippen LogP contribution in [0.1, 0.15) is 44.2 Å². The monoisotopic (exact) mass is 296 g/mol. The highest BCUT2D eigenvalue weighted by atomic mass is 19.1. The maximum absolute atomic E-state index is 13.7. The van der Waals surface area contributed by atoms with Gasteiger partial charge in [0, 0.05) is 11.5 Å². The number of carbonyl (C=O) groups excluding carboxylic acids is 1. The van der Waals surface area contributed by atoms with Gasteiger partial charge in [-0.25, -0.2) is 8.78 Å². The zero-order valence-electron chi connectivity index (χ0n) is 12.2. The predicted octanol–water partition coefficient (Wildman–Crippen LogP) is 2.91. The molecule has 2 rings (SSSR count). The second-order valence-electron chi connectivity index (χ2n) is 5.82. The molecule has 21 heavy (non-hydrogen) atoms. The van der Waals surface area contributed by atoms with Crippen LogP contribution in [0.2, 0.25) is 0 Å². The van der Waals surface area contributed by atoms with E-state index in [0.717, 1.165) is 25.7 Å². The van der Waals surface area contributed by atoms with Crippen molar-refractivity contribution in [3.05, 3.63) is 35.4 Å². The van der Waals surface area contributed by atoms with E-state index in [1.807, 2.05) is 0 Å². The van der Waals surface area contributed by atoms with Crippen molar-refractivity contribution in [2.24, 2.45) is 17.6 Å². The Hall–Kier alpha value is -1.49. The van der Waals surface area contributed by atoms with E-state index in [-0.39, 0.29) is 17.4 Å². The Morgan fingerprint density at radius 2 is 1.86 bits per heavy atom. The summed E-state index contributed by atoms with van der Waals surface area (Å²) in [6, 6.07) is 3.05. The molecule has 116 valence electrons. The van der Waals surface area contributed by atoms with Crippen LogP contribution in [-0.2, 0) is 4.79 Å². The van der Waals surface area contributed by atoms with E-state index in [1.54, 1.807) is 6.92 Å². The van der Waals surface area contributed by atoms with Gasteiger partial charge in [0.15, 0.2) is 0 Å². The lowest BCUT2D eigenvalue weighted by Gasteiger charge is -2.28. The molecule has 0 aromatic heterocycles. The van der Waals surface area contributed by atoms with Gasteiger partial charge in [-0.2, -0.15) is 0 Å². The molecule has 3 N–H and O–H groups in total. The molecule has 0 saturated heterocycles. The van der Waals surface area contributed by atoms with E-state index in [0.29, 0.717) is 12.5 Å². The van der Waals surface area contributed by atoms with E-state index in [4.69, 9.17) is 5.73 Å². The molecule has 0 radical (unpaired) electrons. The highest BCUT2D eigenvalue weighted by molar-refractivity contribution is 5.79. The highest BCUT2D eigenvalue weighted by Crippen LogP contribution is 2.29. The normalized spacial score (nSPS) is 23.6. The van der Waals surface area contributed by atoms with Crippen LogP contribution in [0.15, 0.2) is 18.2 Å². The minimum atomic E-state index is -0.675. The SMILES string of the molecule is CC(NC(=O)C1CCC(CN)CC1)c1c(F)cccc1F. The molecule has 0 aliphatic heterocycles. The second kappa shape index (κ2) is 6.98. The van der Waals surface area contributed by atoms with Crippen LogP contribution < -0.4 is 11.1 Å². The molecular formula is C16H22F2N2O. The molecule has 1 aliphatic carbocycles. The van der Waals surface area contributed by atoms with E-state index in [1.165, 1.54) is 18.2 Å². The fourth-order valence-electron chi connectivity index (χ4n) is 2.99. The Morgan fingerprint density at radius 1 is 1.29 bits per heavy atom. The Balaban J connectivity index is 1.97. The number of halogens is 2. The number of benzene rings is 1. The average molecular weight is 296 g/mol. The van der Waals surface area contributed by atoms with Gasteiger partial charge in [-0.15, -0.1) is 0 Å². The number of carbonyl (C=O) groups is 1. The zero-order chi connectivity index (χ0) is 15.4. The van der Waals surface area contributed by atoms with Gasteiger partial charge in [0.2, 0.25) is 5.91 Å². The van der Waals surface area contributed by atoms with Crippen molar-refractivity contribution < 1.29 is 13.6 Å². The smallest absolute Gasteiger partial charge is 0.223 e. The third-order valence-electron chi connectivity index (χ3n) is 4.34. The molecule has 1 atom stereocenters. The molecule has 1 amide bonds. The average Bonchev–Trinajstić information content (AvgIpc) is 2.47. The summed E-state index contributed by atoms with van der Waals surface area (Å²) in [5.74, 6) is -0.967. The zero-order valence-corrected chi connectivity index (χ0v) is 12.2. The van der Waals surface area contributed by atoms with Crippen molar-refractivity contribution >= 4 is 5.91 Å². The van der Waals surface area contributed by atoms with Crippen molar-refractivity contribution in [3.8, 4) is 0 Å². The van der Waals surface area contributed by atoms with Crippen molar-refractivity contribution in [1.82, 2.24) is 5.32 Å². The molecule has 3 nitrogen and oxygen atoms in total. The molecule has 1 aliphatic rings. The number of hydrogen-bond donors (Lipinski definition) is 2. The molecule has 1 aromatic rings. The minimum Gasteiger partial charge on any atom is -0.349 e. The quantitative estimate of drug-likeness (QED) is 0.897. The lowest BCUT2D eigenvalue weighted by molar-refractivity contribution is -0.126. The van der Waals surface area contributed by atoms with Gasteiger partial charge in [0.05, 0.1) is 6.04 Å². The van der Waals surface area contributed by atoms with Crippen LogP contribution in [0.4, 0.5) is 8.78 Å². The van der Waals surface area contributed by atoms with Crippen LogP contribution >= 0.6 is 0 Å². The molecule has 0 spiro atoms. The summed E-state index contributed by atoms with van der Waals surface area (Å²) < 4.78 is 27.4. The predicted molar refractivity (Wildman–Crippen MR) is 77.4 cm³/mol. The van der Waals surface area contributed by atoms with Crippen LogP contribution in [0, 0.1) is 23.5 Å². The summed E-state index contributed by atoms with van der Waals surface area (Å²) >= 11 is 0. The number of rotatable bonds is 4. The molecule has 1 aromatic carbocycles. The highest BCUT2D eigenvalue weighted by Gasteiger charge is 2.27. The maximum atomic E-state index is 13.7. The Bertz CT molecular complexity index is 479. The van der Waals surface area contributed by atoms with Crippen LogP contribution in [-0.4, -0.2) is 12.5 Å². The number of nitrogens with two attached hydrogens (primary N) is 1. The topological polar surface area (TPSA) is 55.1 Å². The van der Waals surface area contributed by atoms with Gasteiger partial charge in [-0.05, 0) is 57.2 Å². The van der Waals surface area contributed by atoms with Crippen LogP contribution in [0.25, 0.3) is 0 Å². The molecule has 1 fully saturated rings. The van der Waals surface area contributed by atoms with Crippen molar-refractivity contribution in [3.63, 3.8) is 0 Å². The van der Waals surface area contributed by atoms with Gasteiger partial charge >= 0.3 is 0 Å². The summed E-state index contributed by atoms with van der Waals surface area (Å²) in [7, 11) is 0. The van der Waals surface area contributed by atoms with Gasteiger partial charge in [0.25, 0.3) is 0 Å². The summed E-state index contributed by atoms with van der Waals surface area (Å²) in [6.07, 6.45) is 3.47. The van der Waals surface area contributed by atoms with Crippen LogP contribution in [0.5, 0.6) is 0 Å². The second-order valence-corrected chi connectivity index (χ2v) is 5.82. The molecule has 1 saturated carbocycles. The number of hydrogen-bond acceptors (Lipinski definition) is 2. The lowest BCUT2D eigenvalue weighted by atomic mass is 9.81. The summed E-state index contributed by atoms with van der Waals surface area (Å²) in [4.78, 5) is 12.2. The van der Waals surface area contributed by atoms with E-state index in [9.17, 15) is 13.6 Å². The van der Waals surface area contributed by atoms with Gasteiger partial charge < -0.3 is 11.1 Å². The molecule has 0 heterocycles. The fourth-order valence-corrected chi connectivity index (χ4v) is 2.99. The third-order valence-corrected chi connectivity index (χ3v) is 4.34. The largest absolute Gasteiger partial charge is 0.349 e. The fraction of sp³-hybridized carbons (Fsp3) is 0.562. The molecule has 5 heteroatoms. The Morgan fingerprint density at radius 3 is 2.38 bits per heavy atom. The first-order valence-corrected chi connectivity index (χ1v) is 7.47. The van der Waals surface area contributed by atoms with Crippen molar-refractivity contribution in [2.75, 3.05) is 6.54 Å². The first-order valence-electron chi connectivity index (χ1n) is 7.47. The minimum absolute atomic E-state index is 0.0786. The lowest BCUT2D eigenvalue weighted by Crippen LogP contribution is -2.36. The summed E-state index contributed by atoms with van der Waals surface area (Å²) in [5, 5.41) is 2.73. The van der Waals surface area contributed by atoms with E-state index in [2.05, 4.69) is 5.32 Å². The molecule has 1 unspecified atom stereocenters. The first kappa shape index (κ1) is 15.9. The van der Waals surface area contributed by atoms with Crippen LogP contribution in [0.3, 0.4) is 0 Å². The summed E-state index contributed by atoms with van der Waals surface area (Å²) in [6.45, 7) is 2.26. The first-order chi connectivity index (χ1) is 10.0. The number of amides is 1. The number of nitrogens with one attached hydrogen (secondary N) is 1. The third kappa shape index (κ3) is 3.79. The summed E-state index contributed by atoms with van der Waals surface area (Å²) in [5.41, 5.74) is 5.55. The van der Waals surface area contributed by atoms with E-state index < -0.39 is 17.7 Å². The molecule has 0 bridgehead atoms. The molecular weight excluding hydrogens is 274 g/mol. The van der Waals surface area contributed by atoms with Gasteiger partial charge in [0.1, 0.15) is 11.6 Å². The standard InChI is InChI=1S/C16H22F2N2O/c1-10(15-13(17)3-2-4-14(15)18)20-16(21)12-7-5-11(9-19)6-8-12/h2-4,10-12H,5-9,19H2,1H3,(H,20,21). The Labute approximate surface area is 123 Å².